The zero-order valence-corrected chi connectivity index (χ0v) is 18.6. The van der Waals surface area contributed by atoms with Gasteiger partial charge in [0.05, 0.1) is 6.04 Å². The molecule has 4 rings (SSSR count). The second-order valence-electron chi connectivity index (χ2n) is 6.20. The van der Waals surface area contributed by atoms with E-state index in [2.05, 4.69) is 85.0 Å². The van der Waals surface area contributed by atoms with Gasteiger partial charge in [-0.2, -0.15) is 11.8 Å². The molecule has 0 fully saturated rings. The normalized spacial score (nSPS) is 21.2. The molecule has 0 saturated heterocycles. The van der Waals surface area contributed by atoms with Gasteiger partial charge in [0.25, 0.3) is 0 Å². The van der Waals surface area contributed by atoms with Crippen LogP contribution < -0.4 is 10.6 Å². The van der Waals surface area contributed by atoms with Gasteiger partial charge in [-0.05, 0) is 64.8 Å². The molecule has 2 nitrogen and oxygen atoms in total. The predicted molar refractivity (Wildman–Crippen MR) is 122 cm³/mol. The molecule has 0 amide bonds. The predicted octanol–water partition coefficient (Wildman–Crippen LogP) is 5.81. The topological polar surface area (TPSA) is 24.1 Å². The van der Waals surface area contributed by atoms with Crippen molar-refractivity contribution in [3.63, 3.8) is 0 Å². The molecule has 2 heterocycles. The molecule has 2 aliphatic heterocycles. The van der Waals surface area contributed by atoms with Crippen molar-refractivity contribution in [1.82, 2.24) is 10.6 Å². The molecule has 0 unspecified atom stereocenters. The summed E-state index contributed by atoms with van der Waals surface area (Å²) in [6, 6.07) is 16.9. The molecule has 1 atom stereocenters. The first-order valence-electron chi connectivity index (χ1n) is 8.20. The molecule has 2 N–H and O–H groups in total. The first kappa shape index (κ1) is 18.3. The SMILES string of the molecule is S=C1NC2=C(CSC/C2=C\c2cccc(Br)c2)[C@@H](c2cccc(Br)c2)N1. The van der Waals surface area contributed by atoms with Crippen molar-refractivity contribution in [2.45, 2.75) is 6.04 Å². The summed E-state index contributed by atoms with van der Waals surface area (Å²) in [4.78, 5) is 0. The highest BCUT2D eigenvalue weighted by Gasteiger charge is 2.30. The molecule has 2 aromatic rings. The minimum absolute atomic E-state index is 0.106. The molecule has 0 saturated carbocycles. The molecule has 0 spiro atoms. The number of hydrogen-bond donors (Lipinski definition) is 2. The molecule has 6 heteroatoms. The average molecular weight is 508 g/mol. The summed E-state index contributed by atoms with van der Waals surface area (Å²) < 4.78 is 2.17. The van der Waals surface area contributed by atoms with Crippen molar-refractivity contribution in [1.29, 1.82) is 0 Å². The van der Waals surface area contributed by atoms with Crippen molar-refractivity contribution >= 4 is 67.0 Å². The fraction of sp³-hybridized carbons (Fsp3) is 0.150. The van der Waals surface area contributed by atoms with Crippen LogP contribution in [0.5, 0.6) is 0 Å². The smallest absolute Gasteiger partial charge is 0.171 e. The summed E-state index contributed by atoms with van der Waals surface area (Å²) in [6.07, 6.45) is 2.26. The molecule has 2 aliphatic rings. The standard InChI is InChI=1S/C20H16Br2N2S2/c21-15-5-1-3-12(8-15)7-14-10-26-11-17-18(23-20(25)24-19(14)17)13-4-2-6-16(22)9-13/h1-9,18H,10-11H2,(H2,23,24,25)/b14-7+/t18-/m1/s1. The molecule has 26 heavy (non-hydrogen) atoms. The molecule has 0 aromatic heterocycles. The van der Waals surface area contributed by atoms with E-state index in [0.29, 0.717) is 5.11 Å². The van der Waals surface area contributed by atoms with Crippen LogP contribution in [0.2, 0.25) is 0 Å². The van der Waals surface area contributed by atoms with E-state index in [9.17, 15) is 0 Å². The molecule has 0 bridgehead atoms. The third kappa shape index (κ3) is 3.93. The van der Waals surface area contributed by atoms with Crippen LogP contribution in [0.4, 0.5) is 0 Å². The van der Waals surface area contributed by atoms with Crippen molar-refractivity contribution < 1.29 is 0 Å². The lowest BCUT2D eigenvalue weighted by molar-refractivity contribution is 0.694. The Kier molecular flexibility index (Phi) is 5.55. The zero-order valence-electron chi connectivity index (χ0n) is 13.8. The maximum absolute atomic E-state index is 5.51. The highest BCUT2D eigenvalue weighted by atomic mass is 79.9. The molecule has 132 valence electrons. The second kappa shape index (κ2) is 7.89. The first-order chi connectivity index (χ1) is 12.6. The Balaban J connectivity index is 1.78. The Morgan fingerprint density at radius 2 is 1.81 bits per heavy atom. The highest BCUT2D eigenvalue weighted by Crippen LogP contribution is 2.38. The number of benzene rings is 2. The lowest BCUT2D eigenvalue weighted by atomic mass is 9.93. The van der Waals surface area contributed by atoms with E-state index in [1.54, 1.807) is 0 Å². The Hall–Kier alpha value is -1.08. The molecular weight excluding hydrogens is 492 g/mol. The molecular formula is C20H16Br2N2S2. The number of allylic oxidation sites excluding steroid dienone is 1. The number of thiocarbonyl (C=S) groups is 1. The van der Waals surface area contributed by atoms with Gasteiger partial charge in [0.1, 0.15) is 0 Å². The van der Waals surface area contributed by atoms with Crippen LogP contribution in [-0.2, 0) is 0 Å². The van der Waals surface area contributed by atoms with Gasteiger partial charge in [0, 0.05) is 26.1 Å². The third-order valence-corrected chi connectivity index (χ3v) is 6.63. The van der Waals surface area contributed by atoms with Crippen LogP contribution in [0.1, 0.15) is 17.2 Å². The van der Waals surface area contributed by atoms with E-state index in [1.165, 1.54) is 28.0 Å². The number of rotatable bonds is 2. The van der Waals surface area contributed by atoms with Crippen molar-refractivity contribution in [2.75, 3.05) is 11.5 Å². The van der Waals surface area contributed by atoms with Crippen LogP contribution in [-0.4, -0.2) is 16.6 Å². The number of thioether (sulfide) groups is 1. The van der Waals surface area contributed by atoms with Crippen molar-refractivity contribution in [2.24, 2.45) is 0 Å². The van der Waals surface area contributed by atoms with E-state index in [4.69, 9.17) is 12.2 Å². The third-order valence-electron chi connectivity index (χ3n) is 4.39. The summed E-state index contributed by atoms with van der Waals surface area (Å²) in [7, 11) is 0. The lowest BCUT2D eigenvalue weighted by Gasteiger charge is -2.35. The Bertz CT molecular complexity index is 937. The van der Waals surface area contributed by atoms with Gasteiger partial charge in [-0.15, -0.1) is 0 Å². The van der Waals surface area contributed by atoms with Gasteiger partial charge in [-0.25, -0.2) is 0 Å². The second-order valence-corrected chi connectivity index (χ2v) is 9.43. The maximum Gasteiger partial charge on any atom is 0.171 e. The van der Waals surface area contributed by atoms with E-state index in [0.717, 1.165) is 20.5 Å². The molecule has 0 radical (unpaired) electrons. The van der Waals surface area contributed by atoms with Gasteiger partial charge in [0.2, 0.25) is 0 Å². The van der Waals surface area contributed by atoms with Gasteiger partial charge < -0.3 is 10.6 Å². The Labute approximate surface area is 179 Å². The minimum Gasteiger partial charge on any atom is -0.352 e. The monoisotopic (exact) mass is 506 g/mol. The highest BCUT2D eigenvalue weighted by molar-refractivity contribution is 9.10. The van der Waals surface area contributed by atoms with Crippen molar-refractivity contribution in [3.8, 4) is 0 Å². The van der Waals surface area contributed by atoms with Crippen LogP contribution >= 0.6 is 55.8 Å². The number of hydrogen-bond acceptors (Lipinski definition) is 2. The Morgan fingerprint density at radius 3 is 2.58 bits per heavy atom. The fourth-order valence-electron chi connectivity index (χ4n) is 3.26. The summed E-state index contributed by atoms with van der Waals surface area (Å²) in [5.41, 5.74) is 6.24. The van der Waals surface area contributed by atoms with Crippen LogP contribution in [0, 0.1) is 0 Å². The molecule has 2 aromatic carbocycles. The summed E-state index contributed by atoms with van der Waals surface area (Å²) in [5.74, 6) is 1.97. The minimum atomic E-state index is 0.106. The number of nitrogens with one attached hydrogen (secondary N) is 2. The average Bonchev–Trinajstić information content (AvgIpc) is 2.62. The van der Waals surface area contributed by atoms with Crippen molar-refractivity contribution in [3.05, 3.63) is 85.4 Å². The van der Waals surface area contributed by atoms with E-state index < -0.39 is 0 Å². The lowest BCUT2D eigenvalue weighted by Crippen LogP contribution is -2.45. The molecule has 0 aliphatic carbocycles. The van der Waals surface area contributed by atoms with Gasteiger partial charge in [0.15, 0.2) is 5.11 Å². The van der Waals surface area contributed by atoms with Gasteiger partial charge in [-0.1, -0.05) is 56.1 Å². The maximum atomic E-state index is 5.51. The van der Waals surface area contributed by atoms with E-state index in [1.807, 2.05) is 23.9 Å². The number of halogens is 2. The fourth-order valence-corrected chi connectivity index (χ4v) is 5.39. The zero-order chi connectivity index (χ0) is 18.1. The quantitative estimate of drug-likeness (QED) is 0.500. The van der Waals surface area contributed by atoms with Gasteiger partial charge in [-0.3, -0.25) is 0 Å². The van der Waals surface area contributed by atoms with Crippen LogP contribution in [0.15, 0.2) is 74.3 Å². The van der Waals surface area contributed by atoms with Crippen LogP contribution in [0.25, 0.3) is 6.08 Å². The van der Waals surface area contributed by atoms with Gasteiger partial charge >= 0.3 is 0 Å². The summed E-state index contributed by atoms with van der Waals surface area (Å²) in [5, 5.41) is 7.54. The van der Waals surface area contributed by atoms with E-state index >= 15 is 0 Å². The largest absolute Gasteiger partial charge is 0.352 e. The van der Waals surface area contributed by atoms with Crippen LogP contribution in [0.3, 0.4) is 0 Å². The van der Waals surface area contributed by atoms with E-state index in [-0.39, 0.29) is 6.04 Å². The first-order valence-corrected chi connectivity index (χ1v) is 11.4. The Morgan fingerprint density at radius 1 is 1.04 bits per heavy atom. The summed E-state index contributed by atoms with van der Waals surface area (Å²) in [6.45, 7) is 0. The summed E-state index contributed by atoms with van der Waals surface area (Å²) >= 11 is 14.6.